The third-order valence-corrected chi connectivity index (χ3v) is 3.83. The highest BCUT2D eigenvalue weighted by molar-refractivity contribution is 5.77. The van der Waals surface area contributed by atoms with Crippen molar-refractivity contribution in [1.82, 2.24) is 4.90 Å². The number of carbonyl (C=O) groups is 1. The first-order valence-corrected chi connectivity index (χ1v) is 8.20. The minimum atomic E-state index is 0.184. The normalized spacial score (nSPS) is 10.6. The van der Waals surface area contributed by atoms with Crippen molar-refractivity contribution >= 4 is 11.6 Å². The lowest BCUT2D eigenvalue weighted by Gasteiger charge is -2.27. The predicted octanol–water partition coefficient (Wildman–Crippen LogP) is 4.23. The summed E-state index contributed by atoms with van der Waals surface area (Å²) >= 11 is 0. The van der Waals surface area contributed by atoms with Crippen LogP contribution in [0.25, 0.3) is 0 Å². The Morgan fingerprint density at radius 1 is 1.09 bits per heavy atom. The molecular weight excluding hydrogens is 284 g/mol. The van der Waals surface area contributed by atoms with E-state index < -0.39 is 0 Å². The van der Waals surface area contributed by atoms with Gasteiger partial charge in [-0.1, -0.05) is 42.5 Å². The van der Waals surface area contributed by atoms with Crippen LogP contribution in [0.1, 0.15) is 31.4 Å². The average molecular weight is 310 g/mol. The number of nitrogens with zero attached hydrogens (tertiary/aromatic N) is 1. The number of rotatable bonds is 7. The summed E-state index contributed by atoms with van der Waals surface area (Å²) in [6.07, 6.45) is 0.499. The fraction of sp³-hybridized carbons (Fsp3) is 0.350. The second-order valence-electron chi connectivity index (χ2n) is 6.15. The van der Waals surface area contributed by atoms with Crippen LogP contribution in [-0.2, 0) is 11.3 Å². The first kappa shape index (κ1) is 17.1. The van der Waals surface area contributed by atoms with E-state index in [0.29, 0.717) is 19.5 Å². The Morgan fingerprint density at radius 2 is 1.83 bits per heavy atom. The maximum absolute atomic E-state index is 12.5. The summed E-state index contributed by atoms with van der Waals surface area (Å²) in [4.78, 5) is 14.5. The van der Waals surface area contributed by atoms with Crippen LogP contribution in [0, 0.1) is 6.92 Å². The zero-order valence-electron chi connectivity index (χ0n) is 14.3. The highest BCUT2D eigenvalue weighted by atomic mass is 16.2. The van der Waals surface area contributed by atoms with Crippen molar-refractivity contribution in [2.75, 3.05) is 11.9 Å². The van der Waals surface area contributed by atoms with Gasteiger partial charge >= 0.3 is 0 Å². The largest absolute Gasteiger partial charge is 0.385 e. The SMILES string of the molecule is Cc1cccc(NCCC(=O)N(Cc2ccccc2)C(C)C)c1. The number of carbonyl (C=O) groups excluding carboxylic acids is 1. The molecule has 2 rings (SSSR count). The quantitative estimate of drug-likeness (QED) is 0.830. The molecule has 0 fully saturated rings. The van der Waals surface area contributed by atoms with Gasteiger partial charge in [-0.2, -0.15) is 0 Å². The molecule has 0 aromatic heterocycles. The molecule has 0 atom stereocenters. The molecule has 0 radical (unpaired) electrons. The van der Waals surface area contributed by atoms with Crippen LogP contribution in [0.15, 0.2) is 54.6 Å². The van der Waals surface area contributed by atoms with Crippen molar-refractivity contribution < 1.29 is 4.79 Å². The van der Waals surface area contributed by atoms with Crippen LogP contribution < -0.4 is 5.32 Å². The maximum atomic E-state index is 12.5. The summed E-state index contributed by atoms with van der Waals surface area (Å²) in [6, 6.07) is 18.6. The fourth-order valence-electron chi connectivity index (χ4n) is 2.55. The Bertz CT molecular complexity index is 623. The van der Waals surface area contributed by atoms with Crippen LogP contribution in [0.5, 0.6) is 0 Å². The molecule has 0 heterocycles. The molecular formula is C20H26N2O. The van der Waals surface area contributed by atoms with E-state index in [1.54, 1.807) is 0 Å². The highest BCUT2D eigenvalue weighted by Gasteiger charge is 2.16. The van der Waals surface area contributed by atoms with Gasteiger partial charge < -0.3 is 10.2 Å². The number of hydrogen-bond acceptors (Lipinski definition) is 2. The lowest BCUT2D eigenvalue weighted by Crippen LogP contribution is -2.37. The molecule has 0 spiro atoms. The molecule has 0 saturated heterocycles. The zero-order valence-corrected chi connectivity index (χ0v) is 14.3. The van der Waals surface area contributed by atoms with Crippen molar-refractivity contribution in [1.29, 1.82) is 0 Å². The Kier molecular flexibility index (Phi) is 6.21. The molecule has 0 saturated carbocycles. The number of benzene rings is 2. The molecule has 23 heavy (non-hydrogen) atoms. The van der Waals surface area contributed by atoms with Gasteiger partial charge in [-0.25, -0.2) is 0 Å². The maximum Gasteiger partial charge on any atom is 0.224 e. The second-order valence-corrected chi connectivity index (χ2v) is 6.15. The molecule has 2 aromatic rings. The summed E-state index contributed by atoms with van der Waals surface area (Å²) < 4.78 is 0. The topological polar surface area (TPSA) is 32.3 Å². The number of aryl methyl sites for hydroxylation is 1. The Hall–Kier alpha value is -2.29. The molecule has 0 aliphatic heterocycles. The van der Waals surface area contributed by atoms with Crippen molar-refractivity contribution in [2.24, 2.45) is 0 Å². The minimum absolute atomic E-state index is 0.184. The van der Waals surface area contributed by atoms with E-state index in [9.17, 15) is 4.79 Å². The van der Waals surface area contributed by atoms with Gasteiger partial charge in [0, 0.05) is 31.2 Å². The van der Waals surface area contributed by atoms with Crippen LogP contribution >= 0.6 is 0 Å². The molecule has 1 amide bonds. The average Bonchev–Trinajstić information content (AvgIpc) is 2.53. The highest BCUT2D eigenvalue weighted by Crippen LogP contribution is 2.12. The number of hydrogen-bond donors (Lipinski definition) is 1. The van der Waals surface area contributed by atoms with Gasteiger partial charge in [-0.3, -0.25) is 4.79 Å². The van der Waals surface area contributed by atoms with Gasteiger partial charge in [0.2, 0.25) is 5.91 Å². The van der Waals surface area contributed by atoms with Crippen molar-refractivity contribution in [3.05, 3.63) is 65.7 Å². The molecule has 1 N–H and O–H groups in total. The number of nitrogens with one attached hydrogen (secondary N) is 1. The van der Waals surface area contributed by atoms with E-state index in [0.717, 1.165) is 5.69 Å². The summed E-state index contributed by atoms with van der Waals surface area (Å²) in [5, 5.41) is 3.33. The lowest BCUT2D eigenvalue weighted by atomic mass is 10.1. The molecule has 3 heteroatoms. The van der Waals surface area contributed by atoms with Crippen LogP contribution in [-0.4, -0.2) is 23.4 Å². The van der Waals surface area contributed by atoms with Gasteiger partial charge in [0.05, 0.1) is 0 Å². The number of amides is 1. The molecule has 2 aromatic carbocycles. The summed E-state index contributed by atoms with van der Waals surface area (Å²) in [5.74, 6) is 0.184. The van der Waals surface area contributed by atoms with E-state index in [-0.39, 0.29) is 11.9 Å². The zero-order chi connectivity index (χ0) is 16.7. The van der Waals surface area contributed by atoms with Crippen LogP contribution in [0.3, 0.4) is 0 Å². The monoisotopic (exact) mass is 310 g/mol. The fourth-order valence-corrected chi connectivity index (χ4v) is 2.55. The molecule has 3 nitrogen and oxygen atoms in total. The molecule has 0 bridgehead atoms. The van der Waals surface area contributed by atoms with Crippen molar-refractivity contribution in [2.45, 2.75) is 39.8 Å². The van der Waals surface area contributed by atoms with Crippen LogP contribution in [0.4, 0.5) is 5.69 Å². The van der Waals surface area contributed by atoms with E-state index in [4.69, 9.17) is 0 Å². The Labute approximate surface area is 139 Å². The summed E-state index contributed by atoms with van der Waals surface area (Å²) in [6.45, 7) is 7.52. The first-order valence-electron chi connectivity index (χ1n) is 8.20. The lowest BCUT2D eigenvalue weighted by molar-refractivity contribution is -0.133. The minimum Gasteiger partial charge on any atom is -0.385 e. The van der Waals surface area contributed by atoms with Crippen molar-refractivity contribution in [3.63, 3.8) is 0 Å². The van der Waals surface area contributed by atoms with Gasteiger partial charge in [-0.15, -0.1) is 0 Å². The predicted molar refractivity (Wildman–Crippen MR) is 96.4 cm³/mol. The van der Waals surface area contributed by atoms with E-state index in [1.807, 2.05) is 35.2 Å². The van der Waals surface area contributed by atoms with E-state index in [1.165, 1.54) is 11.1 Å². The Morgan fingerprint density at radius 3 is 2.48 bits per heavy atom. The molecule has 0 aliphatic rings. The van der Waals surface area contributed by atoms with Crippen LogP contribution in [0.2, 0.25) is 0 Å². The smallest absolute Gasteiger partial charge is 0.224 e. The third kappa shape index (κ3) is 5.44. The van der Waals surface area contributed by atoms with Crippen molar-refractivity contribution in [3.8, 4) is 0 Å². The second kappa shape index (κ2) is 8.37. The van der Waals surface area contributed by atoms with E-state index in [2.05, 4.69) is 50.4 Å². The van der Waals surface area contributed by atoms with Gasteiger partial charge in [-0.05, 0) is 44.0 Å². The van der Waals surface area contributed by atoms with Gasteiger partial charge in [0.1, 0.15) is 0 Å². The molecule has 0 unspecified atom stereocenters. The summed E-state index contributed by atoms with van der Waals surface area (Å²) in [5.41, 5.74) is 3.45. The third-order valence-electron chi connectivity index (χ3n) is 3.83. The standard InChI is InChI=1S/C20H26N2O/c1-16(2)22(15-18-9-5-4-6-10-18)20(23)12-13-21-19-11-7-8-17(3)14-19/h4-11,14,16,21H,12-13,15H2,1-3H3. The first-order chi connectivity index (χ1) is 11.1. The summed E-state index contributed by atoms with van der Waals surface area (Å²) in [7, 11) is 0. The van der Waals surface area contributed by atoms with Gasteiger partial charge in [0.25, 0.3) is 0 Å². The molecule has 0 aliphatic carbocycles. The van der Waals surface area contributed by atoms with Gasteiger partial charge in [0.15, 0.2) is 0 Å². The Balaban J connectivity index is 1.88. The molecule has 122 valence electrons. The van der Waals surface area contributed by atoms with E-state index >= 15 is 0 Å². The number of anilines is 1.